The maximum Gasteiger partial charge on any atom is 0.255 e. The van der Waals surface area contributed by atoms with Gasteiger partial charge in [0.25, 0.3) is 5.91 Å². The van der Waals surface area contributed by atoms with Gasteiger partial charge in [0.2, 0.25) is 5.91 Å². The molecular weight excluding hydrogens is 362 g/mol. The lowest BCUT2D eigenvalue weighted by Crippen LogP contribution is -2.40. The Morgan fingerprint density at radius 3 is 2.59 bits per heavy atom. The summed E-state index contributed by atoms with van der Waals surface area (Å²) in [6, 6.07) is 15.6. The van der Waals surface area contributed by atoms with E-state index >= 15 is 0 Å². The number of hydrogen-bond acceptors (Lipinski definition) is 2. The molecule has 5 heteroatoms. The van der Waals surface area contributed by atoms with Crippen LogP contribution >= 0.6 is 0 Å². The second-order valence-electron chi connectivity index (χ2n) is 8.17. The van der Waals surface area contributed by atoms with Crippen LogP contribution < -0.4 is 5.32 Å². The first-order valence-corrected chi connectivity index (χ1v) is 10.2. The highest BCUT2D eigenvalue weighted by Crippen LogP contribution is 2.41. The molecule has 2 aromatic carbocycles. The van der Waals surface area contributed by atoms with Gasteiger partial charge in [-0.15, -0.1) is 0 Å². The van der Waals surface area contributed by atoms with Crippen LogP contribution in [0.2, 0.25) is 0 Å². The average molecular weight is 389 g/mol. The van der Waals surface area contributed by atoms with Gasteiger partial charge in [0.15, 0.2) is 0 Å². The molecule has 2 heterocycles. The summed E-state index contributed by atoms with van der Waals surface area (Å²) in [6.45, 7) is 4.94. The second kappa shape index (κ2) is 7.74. The lowest BCUT2D eigenvalue weighted by molar-refractivity contribution is -0.122. The molecule has 0 spiro atoms. The third-order valence-corrected chi connectivity index (χ3v) is 5.64. The fourth-order valence-electron chi connectivity index (χ4n) is 4.17. The van der Waals surface area contributed by atoms with Gasteiger partial charge in [-0.2, -0.15) is 0 Å². The summed E-state index contributed by atoms with van der Waals surface area (Å²) in [4.78, 5) is 27.5. The molecule has 1 aliphatic rings. The molecule has 0 saturated carbocycles. The molecule has 0 bridgehead atoms. The van der Waals surface area contributed by atoms with Crippen LogP contribution in [-0.2, 0) is 11.8 Å². The predicted octanol–water partition coefficient (Wildman–Crippen LogP) is 3.89. The van der Waals surface area contributed by atoms with Gasteiger partial charge in [-0.25, -0.2) is 0 Å². The molecule has 1 aromatic heterocycles. The van der Waals surface area contributed by atoms with Gasteiger partial charge < -0.3 is 14.8 Å². The zero-order chi connectivity index (χ0) is 20.5. The minimum atomic E-state index is -0.263. The van der Waals surface area contributed by atoms with E-state index in [1.807, 2.05) is 43.4 Å². The van der Waals surface area contributed by atoms with Crippen LogP contribution in [-0.4, -0.2) is 34.4 Å². The van der Waals surface area contributed by atoms with Crippen LogP contribution in [0.5, 0.6) is 0 Å². The minimum Gasteiger partial charge on any atom is -0.355 e. The summed E-state index contributed by atoms with van der Waals surface area (Å²) in [7, 11) is 2.01. The summed E-state index contributed by atoms with van der Waals surface area (Å²) < 4.78 is 2.08. The summed E-state index contributed by atoms with van der Waals surface area (Å²) in [5.74, 6) is 0.325. The molecule has 0 aliphatic carbocycles. The normalized spacial score (nSPS) is 15.9. The molecule has 2 amide bonds. The van der Waals surface area contributed by atoms with Crippen molar-refractivity contribution in [2.45, 2.75) is 26.3 Å². The molecule has 0 fully saturated rings. The molecule has 3 aromatic rings. The topological polar surface area (TPSA) is 54.3 Å². The number of hydrogen-bond donors (Lipinski definition) is 1. The Balaban J connectivity index is 1.70. The first-order valence-electron chi connectivity index (χ1n) is 10.2. The number of benzene rings is 2. The summed E-state index contributed by atoms with van der Waals surface area (Å²) in [5.41, 5.74) is 3.81. The van der Waals surface area contributed by atoms with Crippen LogP contribution in [0.15, 0.2) is 54.7 Å². The molecule has 1 N–H and O–H groups in total. The van der Waals surface area contributed by atoms with E-state index in [9.17, 15) is 9.59 Å². The third kappa shape index (κ3) is 3.53. The Bertz CT molecular complexity index is 1070. The number of carbonyl (C=O) groups excluding carboxylic acids is 2. The second-order valence-corrected chi connectivity index (χ2v) is 8.17. The summed E-state index contributed by atoms with van der Waals surface area (Å²) in [5, 5.41) is 4.07. The van der Waals surface area contributed by atoms with Gasteiger partial charge in [-0.05, 0) is 30.0 Å². The van der Waals surface area contributed by atoms with Crippen molar-refractivity contribution in [3.63, 3.8) is 0 Å². The monoisotopic (exact) mass is 389 g/mol. The van der Waals surface area contributed by atoms with Gasteiger partial charge in [0, 0.05) is 41.8 Å². The van der Waals surface area contributed by atoms with Crippen molar-refractivity contribution in [3.05, 3.63) is 71.4 Å². The van der Waals surface area contributed by atoms with E-state index in [1.165, 1.54) is 0 Å². The number of para-hydroxylation sites is 1. The Kier molecular flexibility index (Phi) is 5.14. The smallest absolute Gasteiger partial charge is 0.255 e. The SMILES string of the molecule is CC(C)CCNC(=O)CN1C(=O)c2ccccc2C1c1cn(C)c2ccccc12. The highest BCUT2D eigenvalue weighted by atomic mass is 16.2. The van der Waals surface area contributed by atoms with E-state index in [0.29, 0.717) is 18.0 Å². The van der Waals surface area contributed by atoms with Gasteiger partial charge in [0.05, 0.1) is 6.04 Å². The first-order chi connectivity index (χ1) is 14.0. The third-order valence-electron chi connectivity index (χ3n) is 5.64. The molecule has 0 radical (unpaired) electrons. The van der Waals surface area contributed by atoms with Crippen molar-refractivity contribution in [1.82, 2.24) is 14.8 Å². The standard InChI is InChI=1S/C24H27N3O2/c1-16(2)12-13-25-22(28)15-27-23(18-9-4-5-10-19(18)24(27)29)20-14-26(3)21-11-7-6-8-17(20)21/h4-11,14,16,23H,12-13,15H2,1-3H3,(H,25,28). The lowest BCUT2D eigenvalue weighted by atomic mass is 9.97. The van der Waals surface area contributed by atoms with Crippen LogP contribution in [0, 0.1) is 5.92 Å². The highest BCUT2D eigenvalue weighted by molar-refractivity contribution is 6.02. The van der Waals surface area contributed by atoms with Crippen molar-refractivity contribution in [2.24, 2.45) is 13.0 Å². The van der Waals surface area contributed by atoms with Crippen molar-refractivity contribution in [3.8, 4) is 0 Å². The van der Waals surface area contributed by atoms with E-state index in [2.05, 4.69) is 42.1 Å². The fourth-order valence-corrected chi connectivity index (χ4v) is 4.17. The van der Waals surface area contributed by atoms with Crippen LogP contribution in [0.4, 0.5) is 0 Å². The fraction of sp³-hybridized carbons (Fsp3) is 0.333. The van der Waals surface area contributed by atoms with Crippen molar-refractivity contribution < 1.29 is 9.59 Å². The Hall–Kier alpha value is -3.08. The van der Waals surface area contributed by atoms with E-state index in [4.69, 9.17) is 0 Å². The van der Waals surface area contributed by atoms with Crippen molar-refractivity contribution >= 4 is 22.7 Å². The molecule has 1 aliphatic heterocycles. The molecule has 0 saturated heterocycles. The number of aromatic nitrogens is 1. The molecule has 1 atom stereocenters. The van der Waals surface area contributed by atoms with E-state index in [1.54, 1.807) is 4.90 Å². The largest absolute Gasteiger partial charge is 0.355 e. The Morgan fingerprint density at radius 2 is 1.79 bits per heavy atom. The lowest BCUT2D eigenvalue weighted by Gasteiger charge is -2.25. The van der Waals surface area contributed by atoms with E-state index < -0.39 is 0 Å². The molecule has 29 heavy (non-hydrogen) atoms. The Morgan fingerprint density at radius 1 is 1.07 bits per heavy atom. The van der Waals surface area contributed by atoms with Gasteiger partial charge in [-0.1, -0.05) is 50.2 Å². The highest BCUT2D eigenvalue weighted by Gasteiger charge is 2.39. The number of carbonyl (C=O) groups is 2. The zero-order valence-electron chi connectivity index (χ0n) is 17.2. The zero-order valence-corrected chi connectivity index (χ0v) is 17.2. The summed E-state index contributed by atoms with van der Waals surface area (Å²) in [6.07, 6.45) is 3.00. The molecule has 5 nitrogen and oxygen atoms in total. The molecule has 4 rings (SSSR count). The number of amides is 2. The van der Waals surface area contributed by atoms with Gasteiger partial charge in [0.1, 0.15) is 6.54 Å². The van der Waals surface area contributed by atoms with Gasteiger partial charge in [-0.3, -0.25) is 9.59 Å². The minimum absolute atomic E-state index is 0.0551. The van der Waals surface area contributed by atoms with Gasteiger partial charge >= 0.3 is 0 Å². The number of nitrogens with one attached hydrogen (secondary N) is 1. The number of nitrogens with zero attached hydrogens (tertiary/aromatic N) is 2. The summed E-state index contributed by atoms with van der Waals surface area (Å²) >= 11 is 0. The first kappa shape index (κ1) is 19.2. The number of aryl methyl sites for hydroxylation is 1. The van der Waals surface area contributed by atoms with Crippen molar-refractivity contribution in [2.75, 3.05) is 13.1 Å². The van der Waals surface area contributed by atoms with E-state index in [-0.39, 0.29) is 24.4 Å². The molecular formula is C24H27N3O2. The predicted molar refractivity (Wildman–Crippen MR) is 115 cm³/mol. The van der Waals surface area contributed by atoms with Crippen LogP contribution in [0.1, 0.15) is 47.8 Å². The van der Waals surface area contributed by atoms with Crippen LogP contribution in [0.25, 0.3) is 10.9 Å². The maximum atomic E-state index is 13.2. The Labute approximate surface area is 171 Å². The maximum absolute atomic E-state index is 13.2. The van der Waals surface area contributed by atoms with Crippen molar-refractivity contribution in [1.29, 1.82) is 0 Å². The van der Waals surface area contributed by atoms with Crippen LogP contribution in [0.3, 0.4) is 0 Å². The molecule has 150 valence electrons. The van der Waals surface area contributed by atoms with E-state index in [0.717, 1.165) is 28.5 Å². The number of fused-ring (bicyclic) bond motifs is 2. The number of rotatable bonds is 6. The quantitative estimate of drug-likeness (QED) is 0.695. The average Bonchev–Trinajstić information content (AvgIpc) is 3.17. The molecule has 1 unspecified atom stereocenters.